The molecule has 134 valence electrons. The van der Waals surface area contributed by atoms with Crippen LogP contribution >= 0.6 is 11.6 Å². The predicted molar refractivity (Wildman–Crippen MR) is 93.4 cm³/mol. The standard InChI is InChI=1S/C18H26ClNO4/c1-23-13-24-12-11-17(15-9-5-6-10-16(15)19)20(18(21)22)14-7-3-2-4-8-14/h5-6,9-10,14,17H,2-4,7-8,11-13H2,1H3,(H,21,22)/t17-/m1/s1. The summed E-state index contributed by atoms with van der Waals surface area (Å²) in [4.78, 5) is 13.6. The molecule has 0 aliphatic heterocycles. The zero-order valence-electron chi connectivity index (χ0n) is 14.1. The van der Waals surface area contributed by atoms with Crippen LogP contribution in [0.2, 0.25) is 5.02 Å². The van der Waals surface area contributed by atoms with Crippen molar-refractivity contribution in [2.45, 2.75) is 50.6 Å². The summed E-state index contributed by atoms with van der Waals surface area (Å²) in [5.74, 6) is 0. The molecule has 1 aliphatic carbocycles. The summed E-state index contributed by atoms with van der Waals surface area (Å²) in [6.45, 7) is 0.617. The van der Waals surface area contributed by atoms with Crippen LogP contribution in [0.1, 0.15) is 50.1 Å². The third-order valence-electron chi connectivity index (χ3n) is 4.53. The van der Waals surface area contributed by atoms with Gasteiger partial charge < -0.3 is 14.6 Å². The van der Waals surface area contributed by atoms with Crippen LogP contribution in [-0.2, 0) is 9.47 Å². The van der Waals surface area contributed by atoms with E-state index in [0.29, 0.717) is 18.1 Å². The summed E-state index contributed by atoms with van der Waals surface area (Å²) in [6, 6.07) is 7.19. The number of ether oxygens (including phenoxy) is 2. The molecule has 6 heteroatoms. The second-order valence-electron chi connectivity index (χ2n) is 6.12. The molecule has 1 atom stereocenters. The molecular weight excluding hydrogens is 330 g/mol. The maximum absolute atomic E-state index is 12.0. The van der Waals surface area contributed by atoms with Crippen molar-refractivity contribution in [2.24, 2.45) is 0 Å². The Bertz CT molecular complexity index is 519. The highest BCUT2D eigenvalue weighted by Crippen LogP contribution is 2.35. The number of halogens is 1. The molecule has 1 aromatic carbocycles. The van der Waals surface area contributed by atoms with E-state index in [2.05, 4.69) is 0 Å². The zero-order chi connectivity index (χ0) is 17.4. The fourth-order valence-electron chi connectivity index (χ4n) is 3.43. The second-order valence-corrected chi connectivity index (χ2v) is 6.53. The van der Waals surface area contributed by atoms with Gasteiger partial charge in [0.25, 0.3) is 0 Å². The Hall–Kier alpha value is -1.30. The van der Waals surface area contributed by atoms with Crippen LogP contribution < -0.4 is 0 Å². The third kappa shape index (κ3) is 5.10. The van der Waals surface area contributed by atoms with Crippen molar-refractivity contribution in [2.75, 3.05) is 20.5 Å². The number of methoxy groups -OCH3 is 1. The predicted octanol–water partition coefficient (Wildman–Crippen LogP) is 4.70. The molecule has 1 fully saturated rings. The van der Waals surface area contributed by atoms with Gasteiger partial charge >= 0.3 is 6.09 Å². The summed E-state index contributed by atoms with van der Waals surface area (Å²) < 4.78 is 10.3. The Morgan fingerprint density at radius 3 is 2.67 bits per heavy atom. The van der Waals surface area contributed by atoms with Gasteiger partial charge in [-0.3, -0.25) is 4.90 Å². The van der Waals surface area contributed by atoms with Crippen LogP contribution in [0, 0.1) is 0 Å². The maximum atomic E-state index is 12.0. The van der Waals surface area contributed by atoms with E-state index in [0.717, 1.165) is 31.2 Å². The van der Waals surface area contributed by atoms with E-state index in [1.54, 1.807) is 18.1 Å². The van der Waals surface area contributed by atoms with E-state index in [9.17, 15) is 9.90 Å². The highest BCUT2D eigenvalue weighted by atomic mass is 35.5. The molecule has 5 nitrogen and oxygen atoms in total. The zero-order valence-corrected chi connectivity index (χ0v) is 14.9. The molecule has 0 heterocycles. The minimum atomic E-state index is -0.890. The molecule has 0 unspecified atom stereocenters. The van der Waals surface area contributed by atoms with Crippen molar-refractivity contribution in [1.29, 1.82) is 0 Å². The topological polar surface area (TPSA) is 59.0 Å². The molecule has 0 radical (unpaired) electrons. The minimum absolute atomic E-state index is 0.0416. The fraction of sp³-hybridized carbons (Fsp3) is 0.611. The van der Waals surface area contributed by atoms with Gasteiger partial charge in [-0.05, 0) is 30.9 Å². The highest BCUT2D eigenvalue weighted by molar-refractivity contribution is 6.31. The summed E-state index contributed by atoms with van der Waals surface area (Å²) >= 11 is 6.36. The van der Waals surface area contributed by atoms with Crippen LogP contribution in [0.4, 0.5) is 4.79 Å². The van der Waals surface area contributed by atoms with Crippen molar-refractivity contribution in [3.05, 3.63) is 34.9 Å². The largest absolute Gasteiger partial charge is 0.465 e. The molecule has 0 aromatic heterocycles. The number of hydrogen-bond donors (Lipinski definition) is 1. The highest BCUT2D eigenvalue weighted by Gasteiger charge is 2.33. The summed E-state index contributed by atoms with van der Waals surface area (Å²) in [5, 5.41) is 10.5. The van der Waals surface area contributed by atoms with Crippen molar-refractivity contribution >= 4 is 17.7 Å². The van der Waals surface area contributed by atoms with Crippen LogP contribution in [-0.4, -0.2) is 42.7 Å². The number of rotatable bonds is 8. The first-order valence-corrected chi connectivity index (χ1v) is 8.85. The van der Waals surface area contributed by atoms with Crippen LogP contribution in [0.5, 0.6) is 0 Å². The van der Waals surface area contributed by atoms with E-state index in [1.807, 2.05) is 18.2 Å². The lowest BCUT2D eigenvalue weighted by molar-refractivity contribution is -0.0381. The smallest absolute Gasteiger partial charge is 0.408 e. The fourth-order valence-corrected chi connectivity index (χ4v) is 3.69. The lowest BCUT2D eigenvalue weighted by Gasteiger charge is -2.38. The lowest BCUT2D eigenvalue weighted by Crippen LogP contribution is -2.43. The molecule has 0 bridgehead atoms. The molecule has 1 N–H and O–H groups in total. The molecule has 0 spiro atoms. The van der Waals surface area contributed by atoms with Gasteiger partial charge in [0, 0.05) is 18.2 Å². The number of nitrogens with zero attached hydrogens (tertiary/aromatic N) is 1. The van der Waals surface area contributed by atoms with Crippen LogP contribution in [0.15, 0.2) is 24.3 Å². The molecule has 24 heavy (non-hydrogen) atoms. The maximum Gasteiger partial charge on any atom is 0.408 e. The first kappa shape index (κ1) is 19.0. The molecule has 2 rings (SSSR count). The van der Waals surface area contributed by atoms with E-state index in [-0.39, 0.29) is 18.9 Å². The van der Waals surface area contributed by atoms with Crippen molar-refractivity contribution in [1.82, 2.24) is 4.90 Å². The summed E-state index contributed by atoms with van der Waals surface area (Å²) in [5.41, 5.74) is 0.841. The first-order chi connectivity index (χ1) is 11.6. The monoisotopic (exact) mass is 355 g/mol. The Kier molecular flexibility index (Phi) is 7.82. The van der Waals surface area contributed by atoms with Crippen molar-refractivity contribution < 1.29 is 19.4 Å². The number of hydrogen-bond acceptors (Lipinski definition) is 3. The average Bonchev–Trinajstić information content (AvgIpc) is 2.59. The molecule has 1 aromatic rings. The second kappa shape index (κ2) is 9.87. The van der Waals surface area contributed by atoms with E-state index in [4.69, 9.17) is 21.1 Å². The minimum Gasteiger partial charge on any atom is -0.465 e. The molecular formula is C18H26ClNO4. The van der Waals surface area contributed by atoms with Gasteiger partial charge in [0.15, 0.2) is 0 Å². The van der Waals surface area contributed by atoms with Crippen LogP contribution in [0.3, 0.4) is 0 Å². The van der Waals surface area contributed by atoms with Gasteiger partial charge in [-0.1, -0.05) is 49.1 Å². The van der Waals surface area contributed by atoms with Gasteiger partial charge in [0.1, 0.15) is 6.79 Å². The number of benzene rings is 1. The van der Waals surface area contributed by atoms with Gasteiger partial charge in [-0.15, -0.1) is 0 Å². The van der Waals surface area contributed by atoms with Crippen molar-refractivity contribution in [3.63, 3.8) is 0 Å². The number of carbonyl (C=O) groups is 1. The SMILES string of the molecule is COCOCC[C@H](c1ccccc1Cl)N(C(=O)O)C1CCCCC1. The lowest BCUT2D eigenvalue weighted by atomic mass is 9.91. The third-order valence-corrected chi connectivity index (χ3v) is 4.87. The van der Waals surface area contributed by atoms with E-state index in [1.165, 1.54) is 6.42 Å². The van der Waals surface area contributed by atoms with Crippen LogP contribution in [0.25, 0.3) is 0 Å². The summed E-state index contributed by atoms with van der Waals surface area (Å²) in [7, 11) is 1.57. The quantitative estimate of drug-likeness (QED) is 0.542. The molecule has 0 saturated heterocycles. The Balaban J connectivity index is 2.23. The van der Waals surface area contributed by atoms with Gasteiger partial charge in [0.05, 0.1) is 12.6 Å². The normalized spacial score (nSPS) is 16.8. The average molecular weight is 356 g/mol. The first-order valence-electron chi connectivity index (χ1n) is 8.47. The van der Waals surface area contributed by atoms with Gasteiger partial charge in [-0.25, -0.2) is 4.79 Å². The Labute approximate surface area is 148 Å². The van der Waals surface area contributed by atoms with E-state index < -0.39 is 6.09 Å². The Morgan fingerprint density at radius 1 is 1.33 bits per heavy atom. The number of amides is 1. The molecule has 1 aliphatic rings. The van der Waals surface area contributed by atoms with Gasteiger partial charge in [-0.2, -0.15) is 0 Å². The van der Waals surface area contributed by atoms with Crippen molar-refractivity contribution in [3.8, 4) is 0 Å². The number of carboxylic acid groups (broad SMARTS) is 1. The van der Waals surface area contributed by atoms with Gasteiger partial charge in [0.2, 0.25) is 0 Å². The Morgan fingerprint density at radius 2 is 2.04 bits per heavy atom. The molecule has 1 amide bonds. The van der Waals surface area contributed by atoms with E-state index >= 15 is 0 Å². The summed E-state index contributed by atoms with van der Waals surface area (Å²) in [6.07, 6.45) is 4.80. The molecule has 1 saturated carbocycles.